The van der Waals surface area contributed by atoms with Crippen LogP contribution in [-0.2, 0) is 17.9 Å². The third-order valence-electron chi connectivity index (χ3n) is 3.45. The number of carbonyl (C=O) groups excluding carboxylic acids is 2. The molecule has 25 heavy (non-hydrogen) atoms. The van der Waals surface area contributed by atoms with Gasteiger partial charge in [-0.05, 0) is 43.9 Å². The number of rotatable bonds is 8. The van der Waals surface area contributed by atoms with E-state index in [9.17, 15) is 9.59 Å². The van der Waals surface area contributed by atoms with Gasteiger partial charge in [0.1, 0.15) is 0 Å². The van der Waals surface area contributed by atoms with Crippen LogP contribution < -0.4 is 16.0 Å². The molecule has 3 amide bonds. The van der Waals surface area contributed by atoms with Crippen LogP contribution in [0, 0.1) is 0 Å². The lowest BCUT2D eigenvalue weighted by Crippen LogP contribution is -2.36. The number of carbonyl (C=O) groups is 2. The van der Waals surface area contributed by atoms with E-state index >= 15 is 0 Å². The maximum atomic E-state index is 11.8. The Balaban J connectivity index is 1.73. The highest BCUT2D eigenvalue weighted by Gasteiger charge is 2.05. The van der Waals surface area contributed by atoms with Crippen molar-refractivity contribution in [2.45, 2.75) is 13.1 Å². The highest BCUT2D eigenvalue weighted by Crippen LogP contribution is 2.10. The van der Waals surface area contributed by atoms with E-state index in [1.165, 1.54) is 0 Å². The predicted octanol–water partition coefficient (Wildman–Crippen LogP) is 1.49. The predicted molar refractivity (Wildman–Crippen MR) is 98.3 cm³/mol. The van der Waals surface area contributed by atoms with Crippen LogP contribution in [0.25, 0.3) is 0 Å². The second-order valence-electron chi connectivity index (χ2n) is 6.02. The van der Waals surface area contributed by atoms with Gasteiger partial charge in [-0.15, -0.1) is 0 Å². The molecule has 0 aliphatic rings. The van der Waals surface area contributed by atoms with Crippen LogP contribution in [0.3, 0.4) is 0 Å². The van der Waals surface area contributed by atoms with Crippen LogP contribution in [-0.4, -0.2) is 48.6 Å². The standard InChI is InChI=1S/C18H25N5O2/c1-22(2)14-17(24)21-16-7-5-6-15(12-16)13-20-18(25)19-8-11-23-9-3-4-10-23/h3-7,9-10,12H,8,11,13-14H2,1-2H3,(H,21,24)(H2,19,20,25). The zero-order chi connectivity index (χ0) is 18.1. The molecule has 0 aliphatic carbocycles. The van der Waals surface area contributed by atoms with Gasteiger partial charge in [0.15, 0.2) is 0 Å². The second-order valence-corrected chi connectivity index (χ2v) is 6.02. The third kappa shape index (κ3) is 7.09. The van der Waals surface area contributed by atoms with E-state index in [0.717, 1.165) is 17.8 Å². The minimum atomic E-state index is -0.214. The summed E-state index contributed by atoms with van der Waals surface area (Å²) in [5, 5.41) is 8.46. The molecule has 0 spiro atoms. The van der Waals surface area contributed by atoms with Crippen molar-refractivity contribution in [3.05, 3.63) is 54.4 Å². The third-order valence-corrected chi connectivity index (χ3v) is 3.45. The highest BCUT2D eigenvalue weighted by atomic mass is 16.2. The number of amides is 3. The molecule has 0 fully saturated rings. The fourth-order valence-corrected chi connectivity index (χ4v) is 2.31. The fraction of sp³-hybridized carbons (Fsp3) is 0.333. The van der Waals surface area contributed by atoms with Gasteiger partial charge in [0.25, 0.3) is 0 Å². The fourth-order valence-electron chi connectivity index (χ4n) is 2.31. The van der Waals surface area contributed by atoms with Gasteiger partial charge >= 0.3 is 6.03 Å². The molecule has 7 nitrogen and oxygen atoms in total. The van der Waals surface area contributed by atoms with Crippen molar-refractivity contribution in [3.63, 3.8) is 0 Å². The average Bonchev–Trinajstić information content (AvgIpc) is 3.06. The molecule has 0 radical (unpaired) electrons. The first-order valence-electron chi connectivity index (χ1n) is 8.19. The van der Waals surface area contributed by atoms with Crippen LogP contribution in [0.5, 0.6) is 0 Å². The Hall–Kier alpha value is -2.80. The topological polar surface area (TPSA) is 78.4 Å². The summed E-state index contributed by atoms with van der Waals surface area (Å²) in [5.74, 6) is -0.0714. The van der Waals surface area contributed by atoms with E-state index in [1.807, 2.05) is 67.5 Å². The van der Waals surface area contributed by atoms with E-state index in [0.29, 0.717) is 19.6 Å². The largest absolute Gasteiger partial charge is 0.353 e. The Morgan fingerprint density at radius 1 is 1.08 bits per heavy atom. The molecule has 2 aromatic rings. The Bertz CT molecular complexity index is 683. The van der Waals surface area contributed by atoms with Crippen molar-refractivity contribution in [1.82, 2.24) is 20.1 Å². The van der Waals surface area contributed by atoms with E-state index in [4.69, 9.17) is 0 Å². The van der Waals surface area contributed by atoms with Crippen LogP contribution >= 0.6 is 0 Å². The van der Waals surface area contributed by atoms with Gasteiger partial charge in [-0.2, -0.15) is 0 Å². The summed E-state index contributed by atoms with van der Waals surface area (Å²) in [6, 6.07) is 11.1. The van der Waals surface area contributed by atoms with E-state index in [-0.39, 0.29) is 11.9 Å². The van der Waals surface area contributed by atoms with Crippen LogP contribution in [0.15, 0.2) is 48.8 Å². The number of urea groups is 1. The lowest BCUT2D eigenvalue weighted by atomic mass is 10.2. The van der Waals surface area contributed by atoms with Crippen molar-refractivity contribution < 1.29 is 9.59 Å². The number of nitrogens with one attached hydrogen (secondary N) is 3. The van der Waals surface area contributed by atoms with Gasteiger partial charge in [-0.3, -0.25) is 4.79 Å². The second kappa shape index (κ2) is 9.48. The summed E-state index contributed by atoms with van der Waals surface area (Å²) >= 11 is 0. The zero-order valence-electron chi connectivity index (χ0n) is 14.7. The van der Waals surface area contributed by atoms with Gasteiger partial charge in [0, 0.05) is 37.7 Å². The summed E-state index contributed by atoms with van der Waals surface area (Å²) in [4.78, 5) is 25.4. The Morgan fingerprint density at radius 3 is 2.56 bits per heavy atom. The van der Waals surface area contributed by atoms with Crippen molar-refractivity contribution >= 4 is 17.6 Å². The van der Waals surface area contributed by atoms with Crippen LogP contribution in [0.4, 0.5) is 10.5 Å². The Kier molecular flexibility index (Phi) is 7.03. The molecule has 2 rings (SSSR count). The first kappa shape index (κ1) is 18.5. The molecule has 1 aromatic heterocycles. The van der Waals surface area contributed by atoms with Crippen LogP contribution in [0.2, 0.25) is 0 Å². The lowest BCUT2D eigenvalue weighted by molar-refractivity contribution is -0.116. The quantitative estimate of drug-likeness (QED) is 0.679. The first-order valence-corrected chi connectivity index (χ1v) is 8.19. The minimum Gasteiger partial charge on any atom is -0.353 e. The number of nitrogens with zero attached hydrogens (tertiary/aromatic N) is 2. The van der Waals surface area contributed by atoms with Crippen LogP contribution in [0.1, 0.15) is 5.56 Å². The molecule has 1 heterocycles. The molecule has 0 atom stereocenters. The SMILES string of the molecule is CN(C)CC(=O)Nc1cccc(CNC(=O)NCCn2cccc2)c1. The molecule has 134 valence electrons. The van der Waals surface area contributed by atoms with Crippen molar-refractivity contribution in [1.29, 1.82) is 0 Å². The minimum absolute atomic E-state index is 0.0714. The summed E-state index contributed by atoms with van der Waals surface area (Å²) in [6.07, 6.45) is 3.91. The number of hydrogen-bond acceptors (Lipinski definition) is 3. The van der Waals surface area contributed by atoms with E-state index in [2.05, 4.69) is 16.0 Å². The first-order chi connectivity index (χ1) is 12.0. The number of likely N-dealkylation sites (N-methyl/N-ethyl adjacent to an activating group) is 1. The number of aromatic nitrogens is 1. The Labute approximate surface area is 148 Å². The monoisotopic (exact) mass is 343 g/mol. The van der Waals surface area contributed by atoms with Crippen molar-refractivity contribution in [2.75, 3.05) is 32.5 Å². The highest BCUT2D eigenvalue weighted by molar-refractivity contribution is 5.92. The summed E-state index contributed by atoms with van der Waals surface area (Å²) in [5.41, 5.74) is 1.64. The molecule has 1 aromatic carbocycles. The molecule has 0 unspecified atom stereocenters. The molecule has 3 N–H and O–H groups in total. The lowest BCUT2D eigenvalue weighted by Gasteiger charge is -2.12. The van der Waals surface area contributed by atoms with Gasteiger partial charge < -0.3 is 25.4 Å². The van der Waals surface area contributed by atoms with Crippen molar-refractivity contribution in [2.24, 2.45) is 0 Å². The molecule has 0 saturated heterocycles. The molecular weight excluding hydrogens is 318 g/mol. The molecular formula is C18H25N5O2. The Morgan fingerprint density at radius 2 is 1.84 bits per heavy atom. The van der Waals surface area contributed by atoms with Gasteiger partial charge in [0.2, 0.25) is 5.91 Å². The van der Waals surface area contributed by atoms with E-state index < -0.39 is 0 Å². The van der Waals surface area contributed by atoms with Gasteiger partial charge in [-0.25, -0.2) is 4.79 Å². The molecule has 0 aliphatic heterocycles. The number of benzene rings is 1. The maximum absolute atomic E-state index is 11.8. The summed E-state index contributed by atoms with van der Waals surface area (Å²) < 4.78 is 2.00. The van der Waals surface area contributed by atoms with Gasteiger partial charge in [0.05, 0.1) is 6.54 Å². The number of anilines is 1. The summed E-state index contributed by atoms with van der Waals surface area (Å²) in [7, 11) is 3.68. The molecule has 7 heteroatoms. The molecule has 0 saturated carbocycles. The smallest absolute Gasteiger partial charge is 0.315 e. The van der Waals surface area contributed by atoms with E-state index in [1.54, 1.807) is 4.90 Å². The summed E-state index contributed by atoms with van der Waals surface area (Å²) in [6.45, 7) is 2.01. The van der Waals surface area contributed by atoms with Gasteiger partial charge in [-0.1, -0.05) is 12.1 Å². The number of hydrogen-bond donors (Lipinski definition) is 3. The average molecular weight is 343 g/mol. The zero-order valence-corrected chi connectivity index (χ0v) is 14.7. The van der Waals surface area contributed by atoms with Crippen molar-refractivity contribution in [3.8, 4) is 0 Å². The normalized spacial score (nSPS) is 10.5. The maximum Gasteiger partial charge on any atom is 0.315 e. The molecule has 0 bridgehead atoms.